The third kappa shape index (κ3) is 3.22. The molecular weight excluding hydrogens is 212 g/mol. The summed E-state index contributed by atoms with van der Waals surface area (Å²) in [5.41, 5.74) is 2.10. The molecular formula is C15H22O2. The van der Waals surface area contributed by atoms with Crippen LogP contribution in [-0.2, 0) is 12.8 Å². The molecule has 0 amide bonds. The van der Waals surface area contributed by atoms with E-state index in [2.05, 4.69) is 25.1 Å². The molecule has 1 unspecified atom stereocenters. The molecule has 1 aliphatic rings. The maximum atomic E-state index is 10.1. The van der Waals surface area contributed by atoms with Gasteiger partial charge in [-0.1, -0.05) is 25.5 Å². The van der Waals surface area contributed by atoms with Crippen LogP contribution in [0, 0.1) is 0 Å². The number of hydrogen-bond donors (Lipinski definition) is 1. The number of aliphatic hydroxyl groups is 1. The SMILES string of the molecule is CCCC(C)(O)CCc1ccc2c(c1)CCO2. The molecule has 0 spiro atoms. The Labute approximate surface area is 104 Å². The van der Waals surface area contributed by atoms with Crippen molar-refractivity contribution in [2.75, 3.05) is 6.61 Å². The van der Waals surface area contributed by atoms with Crippen LogP contribution in [0.5, 0.6) is 5.75 Å². The van der Waals surface area contributed by atoms with Crippen LogP contribution in [0.25, 0.3) is 0 Å². The summed E-state index contributed by atoms with van der Waals surface area (Å²) < 4.78 is 5.49. The summed E-state index contributed by atoms with van der Waals surface area (Å²) in [4.78, 5) is 0. The number of benzene rings is 1. The number of rotatable bonds is 5. The Morgan fingerprint density at radius 3 is 2.94 bits per heavy atom. The van der Waals surface area contributed by atoms with Crippen molar-refractivity contribution >= 4 is 0 Å². The minimum Gasteiger partial charge on any atom is -0.493 e. The summed E-state index contributed by atoms with van der Waals surface area (Å²) in [6.07, 6.45) is 4.71. The van der Waals surface area contributed by atoms with E-state index in [1.54, 1.807) is 0 Å². The van der Waals surface area contributed by atoms with Gasteiger partial charge in [0.05, 0.1) is 12.2 Å². The topological polar surface area (TPSA) is 29.5 Å². The van der Waals surface area contributed by atoms with Crippen LogP contribution in [0.1, 0.15) is 44.2 Å². The van der Waals surface area contributed by atoms with Gasteiger partial charge in [-0.2, -0.15) is 0 Å². The zero-order valence-electron chi connectivity index (χ0n) is 10.8. The van der Waals surface area contributed by atoms with E-state index in [9.17, 15) is 5.11 Å². The van der Waals surface area contributed by atoms with Gasteiger partial charge in [0.15, 0.2) is 0 Å². The standard InChI is InChI=1S/C15H22O2/c1-3-8-15(2,16)9-6-12-4-5-14-13(11-12)7-10-17-14/h4-5,11,16H,3,6-10H2,1-2H3. The van der Waals surface area contributed by atoms with Gasteiger partial charge < -0.3 is 9.84 Å². The predicted octanol–water partition coefficient (Wildman–Crippen LogP) is 3.11. The molecule has 1 heterocycles. The second-order valence-corrected chi connectivity index (χ2v) is 5.29. The Balaban J connectivity index is 1.95. The molecule has 0 saturated carbocycles. The highest BCUT2D eigenvalue weighted by Crippen LogP contribution is 2.27. The van der Waals surface area contributed by atoms with Gasteiger partial charge in [-0.3, -0.25) is 0 Å². The molecule has 17 heavy (non-hydrogen) atoms. The molecule has 0 saturated heterocycles. The van der Waals surface area contributed by atoms with E-state index < -0.39 is 5.60 Å². The first-order chi connectivity index (χ1) is 8.11. The van der Waals surface area contributed by atoms with Gasteiger partial charge in [0.1, 0.15) is 5.75 Å². The second-order valence-electron chi connectivity index (χ2n) is 5.29. The Kier molecular flexibility index (Phi) is 3.72. The quantitative estimate of drug-likeness (QED) is 0.848. The largest absolute Gasteiger partial charge is 0.493 e. The predicted molar refractivity (Wildman–Crippen MR) is 69.5 cm³/mol. The van der Waals surface area contributed by atoms with Crippen molar-refractivity contribution in [2.45, 2.75) is 51.6 Å². The van der Waals surface area contributed by atoms with Crippen molar-refractivity contribution in [2.24, 2.45) is 0 Å². The second kappa shape index (κ2) is 5.09. The van der Waals surface area contributed by atoms with Gasteiger partial charge in [0, 0.05) is 6.42 Å². The molecule has 2 heteroatoms. The molecule has 2 rings (SSSR count). The van der Waals surface area contributed by atoms with Crippen LogP contribution in [-0.4, -0.2) is 17.3 Å². The zero-order valence-corrected chi connectivity index (χ0v) is 10.8. The Morgan fingerprint density at radius 1 is 1.35 bits per heavy atom. The summed E-state index contributed by atoms with van der Waals surface area (Å²) in [6.45, 7) is 4.86. The highest BCUT2D eigenvalue weighted by molar-refractivity contribution is 5.39. The number of hydrogen-bond acceptors (Lipinski definition) is 2. The van der Waals surface area contributed by atoms with Crippen LogP contribution in [0.15, 0.2) is 18.2 Å². The monoisotopic (exact) mass is 234 g/mol. The average molecular weight is 234 g/mol. The van der Waals surface area contributed by atoms with E-state index in [1.165, 1.54) is 11.1 Å². The molecule has 1 atom stereocenters. The summed E-state index contributed by atoms with van der Waals surface area (Å²) in [5.74, 6) is 1.04. The first-order valence-electron chi connectivity index (χ1n) is 6.58. The van der Waals surface area contributed by atoms with Gasteiger partial charge >= 0.3 is 0 Å². The molecule has 0 radical (unpaired) electrons. The highest BCUT2D eigenvalue weighted by Gasteiger charge is 2.19. The Hall–Kier alpha value is -1.02. The van der Waals surface area contributed by atoms with Gasteiger partial charge in [-0.15, -0.1) is 0 Å². The summed E-state index contributed by atoms with van der Waals surface area (Å²) in [7, 11) is 0. The van der Waals surface area contributed by atoms with E-state index in [-0.39, 0.29) is 0 Å². The smallest absolute Gasteiger partial charge is 0.122 e. The molecule has 1 aromatic carbocycles. The summed E-state index contributed by atoms with van der Waals surface area (Å²) in [5, 5.41) is 10.1. The van der Waals surface area contributed by atoms with E-state index in [4.69, 9.17) is 4.74 Å². The van der Waals surface area contributed by atoms with Crippen molar-refractivity contribution in [3.63, 3.8) is 0 Å². The van der Waals surface area contributed by atoms with Gasteiger partial charge in [0.2, 0.25) is 0 Å². The molecule has 0 aromatic heterocycles. The van der Waals surface area contributed by atoms with Crippen LogP contribution in [0.4, 0.5) is 0 Å². The summed E-state index contributed by atoms with van der Waals surface area (Å²) >= 11 is 0. The molecule has 94 valence electrons. The van der Waals surface area contributed by atoms with Crippen LogP contribution >= 0.6 is 0 Å². The minimum atomic E-state index is -0.524. The Morgan fingerprint density at radius 2 is 2.18 bits per heavy atom. The van der Waals surface area contributed by atoms with E-state index in [0.29, 0.717) is 0 Å². The maximum Gasteiger partial charge on any atom is 0.122 e. The molecule has 0 bridgehead atoms. The van der Waals surface area contributed by atoms with Crippen molar-refractivity contribution in [1.82, 2.24) is 0 Å². The number of fused-ring (bicyclic) bond motifs is 1. The summed E-state index contributed by atoms with van der Waals surface area (Å²) in [6, 6.07) is 6.41. The Bertz CT molecular complexity index is 383. The molecule has 0 aliphatic carbocycles. The van der Waals surface area contributed by atoms with Crippen LogP contribution in [0.2, 0.25) is 0 Å². The number of aryl methyl sites for hydroxylation is 1. The fraction of sp³-hybridized carbons (Fsp3) is 0.600. The van der Waals surface area contributed by atoms with Gasteiger partial charge in [0.25, 0.3) is 0 Å². The van der Waals surface area contributed by atoms with Gasteiger partial charge in [-0.05, 0) is 43.4 Å². The van der Waals surface area contributed by atoms with E-state index in [1.807, 2.05) is 6.92 Å². The number of ether oxygens (including phenoxy) is 1. The lowest BCUT2D eigenvalue weighted by Crippen LogP contribution is -2.24. The lowest BCUT2D eigenvalue weighted by Gasteiger charge is -2.22. The fourth-order valence-corrected chi connectivity index (χ4v) is 2.47. The molecule has 0 fully saturated rings. The van der Waals surface area contributed by atoms with E-state index in [0.717, 1.165) is 44.5 Å². The van der Waals surface area contributed by atoms with Crippen molar-refractivity contribution in [3.8, 4) is 5.75 Å². The minimum absolute atomic E-state index is 0.524. The van der Waals surface area contributed by atoms with E-state index >= 15 is 0 Å². The lowest BCUT2D eigenvalue weighted by atomic mass is 9.92. The molecule has 1 aromatic rings. The molecule has 1 aliphatic heterocycles. The first kappa shape index (κ1) is 12.4. The van der Waals surface area contributed by atoms with Gasteiger partial charge in [-0.25, -0.2) is 0 Å². The zero-order chi connectivity index (χ0) is 12.3. The van der Waals surface area contributed by atoms with Crippen LogP contribution in [0.3, 0.4) is 0 Å². The van der Waals surface area contributed by atoms with Crippen molar-refractivity contribution in [3.05, 3.63) is 29.3 Å². The normalized spacial score (nSPS) is 17.4. The average Bonchev–Trinajstić information content (AvgIpc) is 2.73. The van der Waals surface area contributed by atoms with Crippen molar-refractivity contribution < 1.29 is 9.84 Å². The molecule has 2 nitrogen and oxygen atoms in total. The molecule has 1 N–H and O–H groups in total. The maximum absolute atomic E-state index is 10.1. The third-order valence-corrected chi connectivity index (χ3v) is 3.49. The highest BCUT2D eigenvalue weighted by atomic mass is 16.5. The fourth-order valence-electron chi connectivity index (χ4n) is 2.47. The van der Waals surface area contributed by atoms with Crippen LogP contribution < -0.4 is 4.74 Å². The van der Waals surface area contributed by atoms with Crippen molar-refractivity contribution in [1.29, 1.82) is 0 Å². The lowest BCUT2D eigenvalue weighted by molar-refractivity contribution is 0.0416. The third-order valence-electron chi connectivity index (χ3n) is 3.49. The first-order valence-corrected chi connectivity index (χ1v) is 6.58.